The van der Waals surface area contributed by atoms with Gasteiger partial charge in [-0.2, -0.15) is 0 Å². The van der Waals surface area contributed by atoms with Crippen LogP contribution >= 0.6 is 11.8 Å². The average Bonchev–Trinajstić information content (AvgIpc) is 1.63. The van der Waals surface area contributed by atoms with Gasteiger partial charge in [-0.15, -0.1) is 0 Å². The highest BCUT2D eigenvalue weighted by Gasteiger charge is 2.03. The molecule has 0 rings (SSSR count). The van der Waals surface area contributed by atoms with Crippen LogP contribution < -0.4 is 0 Å². The number of carbonyl (C=O) groups excluding carboxylic acids is 1. The van der Waals surface area contributed by atoms with Crippen molar-refractivity contribution in [3.63, 3.8) is 0 Å². The van der Waals surface area contributed by atoms with Crippen LogP contribution in [0, 0.1) is 0 Å². The van der Waals surface area contributed by atoms with Gasteiger partial charge in [0.1, 0.15) is 5.44 Å². The Bertz CT molecular complexity index is 93.1. The van der Waals surface area contributed by atoms with Gasteiger partial charge in [0.05, 0.1) is 0 Å². The van der Waals surface area contributed by atoms with Crippen molar-refractivity contribution in [1.82, 2.24) is 0 Å². The molecule has 0 heterocycles. The Hall–Kier alpha value is -0.0200. The van der Waals surface area contributed by atoms with Gasteiger partial charge in [-0.3, -0.25) is 4.79 Å². The predicted octanol–water partition coefficient (Wildman–Crippen LogP) is 1.65. The van der Waals surface area contributed by atoms with Gasteiger partial charge in [-0.25, -0.2) is 0 Å². The van der Waals surface area contributed by atoms with E-state index in [2.05, 4.69) is 0 Å². The van der Waals surface area contributed by atoms with Gasteiger partial charge < -0.3 is 4.74 Å². The summed E-state index contributed by atoms with van der Waals surface area (Å²) in [4.78, 5) is 10.4. The number of hydrogen-bond donors (Lipinski definition) is 0. The molecule has 54 valence electrons. The van der Waals surface area contributed by atoms with E-state index in [1.807, 2.05) is 13.8 Å². The molecule has 3 heteroatoms. The van der Waals surface area contributed by atoms with Gasteiger partial charge in [0, 0.05) is 13.5 Å². The highest BCUT2D eigenvalue weighted by Crippen LogP contribution is 2.11. The third-order valence-electron chi connectivity index (χ3n) is 0.733. The van der Waals surface area contributed by atoms with Crippen molar-refractivity contribution in [2.75, 3.05) is 6.61 Å². The zero-order chi connectivity index (χ0) is 7.28. The zero-order valence-corrected chi connectivity index (χ0v) is 6.83. The summed E-state index contributed by atoms with van der Waals surface area (Å²) >= 11 is 1.22. The Morgan fingerprint density at radius 2 is 2.33 bits per heavy atom. The number of ether oxygens (including phenoxy) is 1. The van der Waals surface area contributed by atoms with Crippen LogP contribution in [0.25, 0.3) is 0 Å². The number of rotatable bonds is 3. The minimum absolute atomic E-state index is 0.00694. The van der Waals surface area contributed by atoms with Crippen molar-refractivity contribution >= 4 is 16.9 Å². The molecule has 0 spiro atoms. The summed E-state index contributed by atoms with van der Waals surface area (Å²) in [5.74, 6) is 0. The molecule has 0 aliphatic heterocycles. The molecule has 0 aromatic carbocycles. The number of carbonyl (C=O) groups is 1. The zero-order valence-electron chi connectivity index (χ0n) is 6.01. The van der Waals surface area contributed by atoms with E-state index in [1.54, 1.807) is 6.92 Å². The van der Waals surface area contributed by atoms with E-state index in [4.69, 9.17) is 4.74 Å². The van der Waals surface area contributed by atoms with Gasteiger partial charge in [0.25, 0.3) is 0 Å². The number of hydrogen-bond acceptors (Lipinski definition) is 3. The van der Waals surface area contributed by atoms with Crippen LogP contribution in [0.2, 0.25) is 0 Å². The normalized spacial score (nSPS) is 13.2. The molecular formula is C6H12O2S. The molecule has 0 aromatic heterocycles. The molecule has 0 aromatic rings. The van der Waals surface area contributed by atoms with E-state index in [0.717, 1.165) is 0 Å². The topological polar surface area (TPSA) is 26.3 Å². The molecule has 9 heavy (non-hydrogen) atoms. The second-order valence-corrected chi connectivity index (χ2v) is 3.11. The van der Waals surface area contributed by atoms with Crippen LogP contribution in [0.4, 0.5) is 0 Å². The summed E-state index contributed by atoms with van der Waals surface area (Å²) < 4.78 is 5.09. The van der Waals surface area contributed by atoms with Crippen LogP contribution in [0.15, 0.2) is 0 Å². The molecule has 2 nitrogen and oxygen atoms in total. The van der Waals surface area contributed by atoms with Crippen LogP contribution in [0.1, 0.15) is 20.8 Å². The molecule has 0 amide bonds. The van der Waals surface area contributed by atoms with Crippen LogP contribution in [0.3, 0.4) is 0 Å². The molecule has 0 aliphatic carbocycles. The molecule has 0 N–H and O–H groups in total. The van der Waals surface area contributed by atoms with Gasteiger partial charge in [0.15, 0.2) is 5.12 Å². The fourth-order valence-corrected chi connectivity index (χ4v) is 1.17. The first-order valence-electron chi connectivity index (χ1n) is 2.95. The van der Waals surface area contributed by atoms with E-state index in [9.17, 15) is 4.79 Å². The van der Waals surface area contributed by atoms with Gasteiger partial charge in [-0.1, -0.05) is 11.8 Å². The van der Waals surface area contributed by atoms with E-state index >= 15 is 0 Å². The highest BCUT2D eigenvalue weighted by molar-refractivity contribution is 8.13. The summed E-state index contributed by atoms with van der Waals surface area (Å²) in [5.41, 5.74) is 0.00694. The fraction of sp³-hybridized carbons (Fsp3) is 0.833. The van der Waals surface area contributed by atoms with Crippen molar-refractivity contribution in [2.24, 2.45) is 0 Å². The van der Waals surface area contributed by atoms with Crippen LogP contribution in [-0.4, -0.2) is 17.2 Å². The van der Waals surface area contributed by atoms with E-state index in [-0.39, 0.29) is 10.6 Å². The first-order chi connectivity index (χ1) is 4.16. The predicted molar refractivity (Wildman–Crippen MR) is 39.4 cm³/mol. The first kappa shape index (κ1) is 8.98. The summed E-state index contributed by atoms with van der Waals surface area (Å²) in [6, 6.07) is 0. The van der Waals surface area contributed by atoms with Crippen molar-refractivity contribution in [1.29, 1.82) is 0 Å². The van der Waals surface area contributed by atoms with Crippen molar-refractivity contribution < 1.29 is 9.53 Å². The smallest absolute Gasteiger partial charge is 0.188 e. The van der Waals surface area contributed by atoms with Crippen molar-refractivity contribution in [3.05, 3.63) is 0 Å². The monoisotopic (exact) mass is 148 g/mol. The first-order valence-corrected chi connectivity index (χ1v) is 3.83. The molecule has 1 unspecified atom stereocenters. The van der Waals surface area contributed by atoms with Crippen molar-refractivity contribution in [2.45, 2.75) is 26.2 Å². The lowest BCUT2D eigenvalue weighted by atomic mass is 10.8. The molecule has 0 bridgehead atoms. The summed E-state index contributed by atoms with van der Waals surface area (Å²) in [7, 11) is 0. The quantitative estimate of drug-likeness (QED) is 0.569. The molecule has 0 saturated carbocycles. The summed E-state index contributed by atoms with van der Waals surface area (Å²) in [6.45, 7) is 5.99. The second kappa shape index (κ2) is 4.82. The van der Waals surface area contributed by atoms with E-state index in [1.165, 1.54) is 11.8 Å². The molecule has 1 atom stereocenters. The van der Waals surface area contributed by atoms with Crippen LogP contribution in [-0.2, 0) is 9.53 Å². The maximum atomic E-state index is 10.4. The summed E-state index contributed by atoms with van der Waals surface area (Å²) in [6.07, 6.45) is 0. The van der Waals surface area contributed by atoms with E-state index < -0.39 is 0 Å². The molecule has 0 fully saturated rings. The van der Waals surface area contributed by atoms with Gasteiger partial charge in [0.2, 0.25) is 0 Å². The van der Waals surface area contributed by atoms with Crippen molar-refractivity contribution in [3.8, 4) is 0 Å². The fourth-order valence-electron chi connectivity index (χ4n) is 0.502. The van der Waals surface area contributed by atoms with Crippen LogP contribution in [0.5, 0.6) is 0 Å². The number of thioether (sulfide) groups is 1. The Labute approximate surface area is 60.0 Å². The Morgan fingerprint density at radius 3 is 2.67 bits per heavy atom. The minimum atomic E-state index is 0.00694. The third-order valence-corrected chi connectivity index (χ3v) is 1.53. The molecule has 0 radical (unpaired) electrons. The Kier molecular flexibility index (Phi) is 4.81. The Balaban J connectivity index is 3.26. The lowest BCUT2D eigenvalue weighted by molar-refractivity contribution is -0.109. The second-order valence-electron chi connectivity index (χ2n) is 1.63. The Morgan fingerprint density at radius 1 is 1.78 bits per heavy atom. The average molecular weight is 148 g/mol. The molecule has 0 saturated heterocycles. The molecule has 0 aliphatic rings. The van der Waals surface area contributed by atoms with Gasteiger partial charge >= 0.3 is 0 Å². The standard InChI is InChI=1S/C6H12O2S/c1-4-8-6(3)9-5(2)7/h6H,4H2,1-3H3. The van der Waals surface area contributed by atoms with E-state index in [0.29, 0.717) is 6.61 Å². The molecular weight excluding hydrogens is 136 g/mol. The maximum absolute atomic E-state index is 10.4. The highest BCUT2D eigenvalue weighted by atomic mass is 32.2. The minimum Gasteiger partial charge on any atom is -0.368 e. The SMILES string of the molecule is CCOC(C)SC(C)=O. The van der Waals surface area contributed by atoms with Gasteiger partial charge in [-0.05, 0) is 13.8 Å². The lowest BCUT2D eigenvalue weighted by Crippen LogP contribution is -2.04. The lowest BCUT2D eigenvalue weighted by Gasteiger charge is -2.06. The summed E-state index contributed by atoms with van der Waals surface area (Å²) in [5, 5.41) is 0.107. The maximum Gasteiger partial charge on any atom is 0.188 e. The largest absolute Gasteiger partial charge is 0.368 e. The third kappa shape index (κ3) is 5.86.